The fourth-order valence-corrected chi connectivity index (χ4v) is 3.45. The summed E-state index contributed by atoms with van der Waals surface area (Å²) in [6, 6.07) is 5.67. The van der Waals surface area contributed by atoms with Gasteiger partial charge in [-0.2, -0.15) is 0 Å². The van der Waals surface area contributed by atoms with Gasteiger partial charge in [-0.05, 0) is 48.6 Å². The molecule has 1 aliphatic rings. The maximum atomic E-state index is 10.2. The van der Waals surface area contributed by atoms with Crippen LogP contribution in [0.2, 0.25) is 0 Å². The second kappa shape index (κ2) is 6.96. The van der Waals surface area contributed by atoms with Gasteiger partial charge in [0, 0.05) is 5.39 Å². The molecule has 1 fully saturated rings. The number of aryl methyl sites for hydroxylation is 1. The molecule has 0 bridgehead atoms. The molecule has 0 saturated carbocycles. The number of aromatic hydroxyl groups is 1. The number of aromatic nitrogens is 3. The van der Waals surface area contributed by atoms with Gasteiger partial charge in [-0.3, -0.25) is 0 Å². The normalized spacial score (nSPS) is 16.4. The van der Waals surface area contributed by atoms with Crippen LogP contribution in [0.15, 0.2) is 22.6 Å². The van der Waals surface area contributed by atoms with Crippen LogP contribution in [0.3, 0.4) is 0 Å². The Labute approximate surface area is 169 Å². The van der Waals surface area contributed by atoms with E-state index in [1.54, 1.807) is 12.1 Å². The summed E-state index contributed by atoms with van der Waals surface area (Å²) in [6.45, 7) is 11.6. The second-order valence-electron chi connectivity index (χ2n) is 8.56. The zero-order valence-electron chi connectivity index (χ0n) is 17.4. The molecule has 2 aromatic heterocycles. The van der Waals surface area contributed by atoms with Gasteiger partial charge in [0.15, 0.2) is 5.79 Å². The molecule has 8 nitrogen and oxygen atoms in total. The number of phenols is 1. The van der Waals surface area contributed by atoms with E-state index < -0.39 is 5.79 Å². The average Bonchev–Trinajstić information content (AvgIpc) is 3.29. The zero-order valence-corrected chi connectivity index (χ0v) is 17.4. The van der Waals surface area contributed by atoms with Crippen molar-refractivity contribution < 1.29 is 19.0 Å². The van der Waals surface area contributed by atoms with E-state index in [0.29, 0.717) is 31.3 Å². The van der Waals surface area contributed by atoms with Gasteiger partial charge in [-0.1, -0.05) is 25.9 Å². The molecule has 3 heterocycles. The molecule has 0 radical (unpaired) electrons. The molecule has 29 heavy (non-hydrogen) atoms. The molecule has 0 amide bonds. The summed E-state index contributed by atoms with van der Waals surface area (Å²) in [5.74, 6) is -0.145. The van der Waals surface area contributed by atoms with Gasteiger partial charge in [-0.25, -0.2) is 4.98 Å². The average molecular weight is 398 g/mol. The Bertz CT molecular complexity index is 1050. The van der Waals surface area contributed by atoms with Gasteiger partial charge in [0.2, 0.25) is 0 Å². The van der Waals surface area contributed by atoms with Crippen molar-refractivity contribution >= 4 is 16.9 Å². The van der Waals surface area contributed by atoms with Gasteiger partial charge < -0.3 is 24.3 Å². The number of fused-ring (bicyclic) bond motifs is 1. The third-order valence-electron chi connectivity index (χ3n) is 5.02. The van der Waals surface area contributed by atoms with Gasteiger partial charge in [0.25, 0.3) is 5.89 Å². The number of benzene rings is 1. The fraction of sp³-hybridized carbons (Fsp3) is 0.476. The molecule has 1 saturated heterocycles. The number of hydrogen-bond acceptors (Lipinski definition) is 8. The first-order chi connectivity index (χ1) is 13.6. The molecule has 154 valence electrons. The van der Waals surface area contributed by atoms with Crippen LogP contribution in [0.1, 0.15) is 38.8 Å². The number of nitrogens with zero attached hydrogens (tertiary/aromatic N) is 3. The van der Waals surface area contributed by atoms with E-state index >= 15 is 0 Å². The zero-order chi connectivity index (χ0) is 20.8. The SMILES string of the molecule is Cc1cc(-c2nnc(NCC3(C)OCCO3)o2)nc2c(C(C)(C)C)cc(O)cc12. The minimum Gasteiger partial charge on any atom is -0.508 e. The monoisotopic (exact) mass is 398 g/mol. The Balaban J connectivity index is 1.68. The highest BCUT2D eigenvalue weighted by atomic mass is 16.7. The number of hydrogen-bond donors (Lipinski definition) is 2. The summed E-state index contributed by atoms with van der Waals surface area (Å²) in [4.78, 5) is 4.79. The van der Waals surface area contributed by atoms with Gasteiger partial charge in [0.1, 0.15) is 11.4 Å². The topological polar surface area (TPSA) is 103 Å². The van der Waals surface area contributed by atoms with Gasteiger partial charge in [-0.15, -0.1) is 5.10 Å². The molecular weight excluding hydrogens is 372 g/mol. The first-order valence-corrected chi connectivity index (χ1v) is 9.65. The molecule has 1 aliphatic heterocycles. The van der Waals surface area contributed by atoms with Gasteiger partial charge >= 0.3 is 6.01 Å². The Morgan fingerprint density at radius 2 is 1.86 bits per heavy atom. The molecule has 0 aliphatic carbocycles. The number of rotatable bonds is 4. The third-order valence-corrected chi connectivity index (χ3v) is 5.02. The van der Waals surface area contributed by atoms with Crippen LogP contribution in [-0.4, -0.2) is 45.8 Å². The second-order valence-corrected chi connectivity index (χ2v) is 8.56. The Morgan fingerprint density at radius 1 is 1.14 bits per heavy atom. The van der Waals surface area contributed by atoms with E-state index in [4.69, 9.17) is 18.9 Å². The van der Waals surface area contributed by atoms with Crippen molar-refractivity contribution in [1.82, 2.24) is 15.2 Å². The number of anilines is 1. The smallest absolute Gasteiger partial charge is 0.315 e. The molecule has 1 aromatic carbocycles. The molecular formula is C21H26N4O4. The maximum Gasteiger partial charge on any atom is 0.315 e. The maximum absolute atomic E-state index is 10.2. The lowest BCUT2D eigenvalue weighted by atomic mass is 9.84. The molecule has 0 unspecified atom stereocenters. The van der Waals surface area contributed by atoms with Crippen LogP contribution in [0.5, 0.6) is 5.75 Å². The standard InChI is InChI=1S/C21H26N4O4/c1-12-8-16(23-17-14(12)9-13(26)10-15(17)20(2,3)4)18-24-25-19(29-18)22-11-21(5)27-6-7-28-21/h8-10,26H,6-7,11H2,1-5H3,(H,22,25). The summed E-state index contributed by atoms with van der Waals surface area (Å²) in [7, 11) is 0. The van der Waals surface area contributed by atoms with E-state index in [0.717, 1.165) is 22.0 Å². The Hall–Kier alpha value is -2.71. The summed E-state index contributed by atoms with van der Waals surface area (Å²) in [5, 5.41) is 22.3. The summed E-state index contributed by atoms with van der Waals surface area (Å²) >= 11 is 0. The van der Waals surface area contributed by atoms with Crippen molar-refractivity contribution in [3.05, 3.63) is 29.3 Å². The van der Waals surface area contributed by atoms with E-state index in [1.165, 1.54) is 0 Å². The first-order valence-electron chi connectivity index (χ1n) is 9.65. The molecule has 4 rings (SSSR count). The lowest BCUT2D eigenvalue weighted by molar-refractivity contribution is -0.130. The third kappa shape index (κ3) is 3.90. The summed E-state index contributed by atoms with van der Waals surface area (Å²) in [5.41, 5.74) is 3.15. The highest BCUT2D eigenvalue weighted by Gasteiger charge is 2.31. The molecule has 3 aromatic rings. The number of nitrogens with one attached hydrogen (secondary N) is 1. The van der Waals surface area contributed by atoms with Crippen LogP contribution in [0.25, 0.3) is 22.5 Å². The molecule has 0 atom stereocenters. The van der Waals surface area contributed by atoms with Crippen molar-refractivity contribution in [2.75, 3.05) is 25.1 Å². The van der Waals surface area contributed by atoms with Crippen LogP contribution < -0.4 is 5.32 Å². The Morgan fingerprint density at radius 3 is 2.55 bits per heavy atom. The van der Waals surface area contributed by atoms with Crippen molar-refractivity contribution in [2.24, 2.45) is 0 Å². The van der Waals surface area contributed by atoms with Crippen molar-refractivity contribution in [1.29, 1.82) is 0 Å². The van der Waals surface area contributed by atoms with Crippen molar-refractivity contribution in [3.63, 3.8) is 0 Å². The highest BCUT2D eigenvalue weighted by Crippen LogP contribution is 2.35. The van der Waals surface area contributed by atoms with E-state index in [9.17, 15) is 5.11 Å². The number of pyridine rings is 1. The minimum atomic E-state index is -0.698. The summed E-state index contributed by atoms with van der Waals surface area (Å²) in [6.07, 6.45) is 0. The van der Waals surface area contributed by atoms with E-state index in [1.807, 2.05) is 19.9 Å². The number of ether oxygens (including phenoxy) is 2. The predicted octanol–water partition coefficient (Wildman–Crippen LogP) is 3.77. The van der Waals surface area contributed by atoms with E-state index in [2.05, 4.69) is 36.3 Å². The van der Waals surface area contributed by atoms with Crippen molar-refractivity contribution in [3.8, 4) is 17.3 Å². The molecule has 0 spiro atoms. The van der Waals surface area contributed by atoms with E-state index in [-0.39, 0.29) is 17.2 Å². The number of phenolic OH excluding ortho intramolecular Hbond substituents is 1. The lowest BCUT2D eigenvalue weighted by Gasteiger charge is -2.22. The molecule has 2 N–H and O–H groups in total. The van der Waals surface area contributed by atoms with Gasteiger partial charge in [0.05, 0.1) is 25.3 Å². The largest absolute Gasteiger partial charge is 0.508 e. The van der Waals surface area contributed by atoms with Crippen LogP contribution >= 0.6 is 0 Å². The fourth-order valence-electron chi connectivity index (χ4n) is 3.45. The predicted molar refractivity (Wildman–Crippen MR) is 109 cm³/mol. The summed E-state index contributed by atoms with van der Waals surface area (Å²) < 4.78 is 16.9. The van der Waals surface area contributed by atoms with Crippen LogP contribution in [0, 0.1) is 6.92 Å². The molecule has 8 heteroatoms. The highest BCUT2D eigenvalue weighted by molar-refractivity contribution is 5.89. The Kier molecular flexibility index (Phi) is 4.71. The first kappa shape index (κ1) is 19.6. The quantitative estimate of drug-likeness (QED) is 0.685. The van der Waals surface area contributed by atoms with Crippen LogP contribution in [0.4, 0.5) is 6.01 Å². The lowest BCUT2D eigenvalue weighted by Crippen LogP contribution is -2.34. The van der Waals surface area contributed by atoms with Crippen LogP contribution in [-0.2, 0) is 14.9 Å². The van der Waals surface area contributed by atoms with Crippen molar-refractivity contribution in [2.45, 2.75) is 45.8 Å². The minimum absolute atomic E-state index is 0.187.